The second kappa shape index (κ2) is 5.98. The number of ether oxygens (including phenoxy) is 3. The predicted molar refractivity (Wildman–Crippen MR) is 65.0 cm³/mol. The van der Waals surface area contributed by atoms with Gasteiger partial charge in [-0.2, -0.15) is 0 Å². The summed E-state index contributed by atoms with van der Waals surface area (Å²) in [6.07, 6.45) is 0.387. The molecule has 1 aromatic carbocycles. The molecule has 0 saturated heterocycles. The molecule has 0 radical (unpaired) electrons. The second-order valence-corrected chi connectivity index (χ2v) is 3.31. The van der Waals surface area contributed by atoms with E-state index in [1.807, 2.05) is 0 Å². The van der Waals surface area contributed by atoms with Crippen molar-refractivity contribution in [2.75, 3.05) is 26.6 Å². The molecule has 0 saturated carbocycles. The number of hydrogen-bond donors (Lipinski definition) is 1. The van der Waals surface area contributed by atoms with Crippen molar-refractivity contribution < 1.29 is 19.0 Å². The third kappa shape index (κ3) is 3.03. The van der Waals surface area contributed by atoms with E-state index in [0.29, 0.717) is 29.4 Å². The third-order valence-corrected chi connectivity index (χ3v) is 2.30. The Morgan fingerprint density at radius 2 is 1.65 bits per heavy atom. The monoisotopic (exact) mass is 239 g/mol. The number of hydrogen-bond acceptors (Lipinski definition) is 4. The van der Waals surface area contributed by atoms with Crippen molar-refractivity contribution >= 4 is 11.6 Å². The normalized spacial score (nSPS) is 9.65. The largest absolute Gasteiger partial charge is 0.496 e. The van der Waals surface area contributed by atoms with Crippen molar-refractivity contribution in [2.45, 2.75) is 13.3 Å². The van der Waals surface area contributed by atoms with Gasteiger partial charge in [0.15, 0.2) is 0 Å². The molecule has 1 aromatic rings. The summed E-state index contributed by atoms with van der Waals surface area (Å²) in [5.74, 6) is 1.51. The Kier molecular flexibility index (Phi) is 4.63. The lowest BCUT2D eigenvalue weighted by Gasteiger charge is -2.15. The number of anilines is 1. The number of carbonyl (C=O) groups is 1. The minimum atomic E-state index is -0.105. The predicted octanol–water partition coefficient (Wildman–Crippen LogP) is 2.06. The Balaban J connectivity index is 3.19. The molecule has 0 aliphatic rings. The molecule has 0 atom stereocenters. The van der Waals surface area contributed by atoms with E-state index < -0.39 is 0 Å². The molecule has 17 heavy (non-hydrogen) atoms. The fraction of sp³-hybridized carbons (Fsp3) is 0.417. The van der Waals surface area contributed by atoms with E-state index in [-0.39, 0.29) is 5.91 Å². The molecular weight excluding hydrogens is 222 g/mol. The van der Waals surface area contributed by atoms with Crippen LogP contribution in [0.4, 0.5) is 5.69 Å². The van der Waals surface area contributed by atoms with Crippen molar-refractivity contribution in [3.63, 3.8) is 0 Å². The van der Waals surface area contributed by atoms with Crippen molar-refractivity contribution in [1.29, 1.82) is 0 Å². The zero-order valence-corrected chi connectivity index (χ0v) is 10.5. The fourth-order valence-electron chi connectivity index (χ4n) is 1.36. The molecular formula is C12H17NO4. The summed E-state index contributed by atoms with van der Waals surface area (Å²) in [6.45, 7) is 1.78. The quantitative estimate of drug-likeness (QED) is 0.854. The standard InChI is InChI=1S/C12H17NO4/c1-5-11(14)13-12-9(16-3)6-8(15-2)7-10(12)17-4/h6-7H,5H2,1-4H3,(H,13,14). The molecule has 1 rings (SSSR count). The highest BCUT2D eigenvalue weighted by Crippen LogP contribution is 2.38. The average Bonchev–Trinajstić information content (AvgIpc) is 2.38. The van der Waals surface area contributed by atoms with Crippen LogP contribution in [-0.4, -0.2) is 27.2 Å². The van der Waals surface area contributed by atoms with Crippen LogP contribution in [0, 0.1) is 0 Å². The zero-order chi connectivity index (χ0) is 12.8. The minimum absolute atomic E-state index is 0.105. The number of nitrogens with one attached hydrogen (secondary N) is 1. The van der Waals surface area contributed by atoms with Crippen LogP contribution < -0.4 is 19.5 Å². The van der Waals surface area contributed by atoms with E-state index in [1.165, 1.54) is 14.2 Å². The summed E-state index contributed by atoms with van der Waals surface area (Å²) in [4.78, 5) is 11.4. The van der Waals surface area contributed by atoms with Gasteiger partial charge in [-0.15, -0.1) is 0 Å². The van der Waals surface area contributed by atoms with Crippen LogP contribution in [0.25, 0.3) is 0 Å². The number of carbonyl (C=O) groups excluding carboxylic acids is 1. The van der Waals surface area contributed by atoms with Gasteiger partial charge < -0.3 is 19.5 Å². The highest BCUT2D eigenvalue weighted by Gasteiger charge is 2.14. The van der Waals surface area contributed by atoms with E-state index >= 15 is 0 Å². The summed E-state index contributed by atoms with van der Waals surface area (Å²) in [6, 6.07) is 3.38. The molecule has 0 aliphatic heterocycles. The Hall–Kier alpha value is -1.91. The van der Waals surface area contributed by atoms with Gasteiger partial charge in [-0.05, 0) is 0 Å². The van der Waals surface area contributed by atoms with Gasteiger partial charge in [-0.1, -0.05) is 6.92 Å². The van der Waals surface area contributed by atoms with Gasteiger partial charge >= 0.3 is 0 Å². The molecule has 0 aromatic heterocycles. The van der Waals surface area contributed by atoms with Crippen LogP contribution in [0.2, 0.25) is 0 Å². The molecule has 0 heterocycles. The van der Waals surface area contributed by atoms with Gasteiger partial charge in [-0.3, -0.25) is 4.79 Å². The molecule has 5 heteroatoms. The first-order valence-electron chi connectivity index (χ1n) is 5.26. The molecule has 0 fully saturated rings. The van der Waals surface area contributed by atoms with E-state index in [2.05, 4.69) is 5.32 Å². The van der Waals surface area contributed by atoms with Crippen LogP contribution in [0.1, 0.15) is 13.3 Å². The molecule has 0 aliphatic carbocycles. The van der Waals surface area contributed by atoms with Gasteiger partial charge in [0.1, 0.15) is 22.9 Å². The minimum Gasteiger partial charge on any atom is -0.496 e. The third-order valence-electron chi connectivity index (χ3n) is 2.30. The van der Waals surface area contributed by atoms with Gasteiger partial charge in [-0.25, -0.2) is 0 Å². The molecule has 94 valence electrons. The highest BCUT2D eigenvalue weighted by molar-refractivity contribution is 5.94. The Morgan fingerprint density at radius 3 is 2.00 bits per heavy atom. The number of methoxy groups -OCH3 is 3. The maximum Gasteiger partial charge on any atom is 0.224 e. The summed E-state index contributed by atoms with van der Waals surface area (Å²) in [5.41, 5.74) is 0.516. The van der Waals surface area contributed by atoms with Crippen molar-refractivity contribution in [3.8, 4) is 17.2 Å². The zero-order valence-electron chi connectivity index (χ0n) is 10.5. The lowest BCUT2D eigenvalue weighted by molar-refractivity contribution is -0.115. The van der Waals surface area contributed by atoms with Gasteiger partial charge in [0.2, 0.25) is 5.91 Å². The van der Waals surface area contributed by atoms with E-state index in [9.17, 15) is 4.79 Å². The highest BCUT2D eigenvalue weighted by atomic mass is 16.5. The van der Waals surface area contributed by atoms with Crippen LogP contribution in [0.15, 0.2) is 12.1 Å². The molecule has 1 N–H and O–H groups in total. The number of amides is 1. The van der Waals surface area contributed by atoms with Crippen LogP contribution in [-0.2, 0) is 4.79 Å². The molecule has 0 bridgehead atoms. The maximum absolute atomic E-state index is 11.4. The maximum atomic E-state index is 11.4. The number of rotatable bonds is 5. The Bertz CT molecular complexity index is 378. The molecule has 1 amide bonds. The van der Waals surface area contributed by atoms with Crippen molar-refractivity contribution in [3.05, 3.63) is 12.1 Å². The topological polar surface area (TPSA) is 56.8 Å². The van der Waals surface area contributed by atoms with E-state index in [1.54, 1.807) is 26.2 Å². The van der Waals surface area contributed by atoms with E-state index in [4.69, 9.17) is 14.2 Å². The van der Waals surface area contributed by atoms with Gasteiger partial charge in [0, 0.05) is 18.6 Å². The van der Waals surface area contributed by atoms with Crippen molar-refractivity contribution in [1.82, 2.24) is 0 Å². The lowest BCUT2D eigenvalue weighted by Crippen LogP contribution is -2.11. The molecule has 0 unspecified atom stereocenters. The second-order valence-electron chi connectivity index (χ2n) is 3.31. The summed E-state index contributed by atoms with van der Waals surface area (Å²) >= 11 is 0. The average molecular weight is 239 g/mol. The van der Waals surface area contributed by atoms with Crippen molar-refractivity contribution in [2.24, 2.45) is 0 Å². The van der Waals surface area contributed by atoms with Gasteiger partial charge in [0.05, 0.1) is 21.3 Å². The van der Waals surface area contributed by atoms with Crippen LogP contribution >= 0.6 is 0 Å². The first-order chi connectivity index (χ1) is 8.15. The first-order valence-corrected chi connectivity index (χ1v) is 5.26. The summed E-state index contributed by atoms with van der Waals surface area (Å²) in [5, 5.41) is 2.74. The summed E-state index contributed by atoms with van der Waals surface area (Å²) in [7, 11) is 4.60. The smallest absolute Gasteiger partial charge is 0.224 e. The van der Waals surface area contributed by atoms with E-state index in [0.717, 1.165) is 0 Å². The van der Waals surface area contributed by atoms with Gasteiger partial charge in [0.25, 0.3) is 0 Å². The summed E-state index contributed by atoms with van der Waals surface area (Å²) < 4.78 is 15.5. The lowest BCUT2D eigenvalue weighted by atomic mass is 10.2. The molecule has 0 spiro atoms. The fourth-order valence-corrected chi connectivity index (χ4v) is 1.36. The Morgan fingerprint density at radius 1 is 1.12 bits per heavy atom. The first kappa shape index (κ1) is 13.2. The Labute approximate surface area is 101 Å². The SMILES string of the molecule is CCC(=O)Nc1c(OC)cc(OC)cc1OC. The van der Waals surface area contributed by atoms with Crippen LogP contribution in [0.5, 0.6) is 17.2 Å². The number of benzene rings is 1. The molecule has 5 nitrogen and oxygen atoms in total. The van der Waals surface area contributed by atoms with Crippen LogP contribution in [0.3, 0.4) is 0 Å².